The van der Waals surface area contributed by atoms with Gasteiger partial charge in [0, 0.05) is 0 Å². The van der Waals surface area contributed by atoms with Crippen molar-refractivity contribution < 1.29 is 0 Å². The van der Waals surface area contributed by atoms with Gasteiger partial charge in [0.2, 0.25) is 0 Å². The lowest BCUT2D eigenvalue weighted by atomic mass is 9.88. The van der Waals surface area contributed by atoms with Crippen molar-refractivity contribution in [3.63, 3.8) is 0 Å². The first kappa shape index (κ1) is 17.2. The molecular formula is C24H28N2. The Balaban J connectivity index is 1.47. The molecule has 2 aromatic rings. The van der Waals surface area contributed by atoms with Gasteiger partial charge in [-0.25, -0.2) is 0 Å². The fraction of sp³-hybridized carbons (Fsp3) is 0.417. The number of hydrogen-bond acceptors (Lipinski definition) is 2. The predicted molar refractivity (Wildman–Crippen MR) is 110 cm³/mol. The van der Waals surface area contributed by atoms with E-state index in [1.807, 2.05) is 0 Å². The largest absolute Gasteiger partial charge is 0.282 e. The molecule has 0 amide bonds. The number of aryl methyl sites for hydroxylation is 2. The molecule has 1 aliphatic carbocycles. The average Bonchev–Trinajstić information content (AvgIpc) is 2.72. The smallest absolute Gasteiger partial charge is 0.0727 e. The van der Waals surface area contributed by atoms with E-state index in [0.717, 1.165) is 25.7 Å². The minimum Gasteiger partial charge on any atom is -0.282 e. The molecule has 2 atom stereocenters. The van der Waals surface area contributed by atoms with Crippen LogP contribution in [0.15, 0.2) is 70.6 Å². The normalized spacial score (nSPS) is 22.3. The van der Waals surface area contributed by atoms with Gasteiger partial charge in [-0.05, 0) is 49.7 Å². The first-order chi connectivity index (χ1) is 12.9. The van der Waals surface area contributed by atoms with Gasteiger partial charge in [-0.2, -0.15) is 0 Å². The van der Waals surface area contributed by atoms with E-state index in [0.29, 0.717) is 12.1 Å². The quantitative estimate of drug-likeness (QED) is 0.665. The number of rotatable bonds is 6. The maximum absolute atomic E-state index is 5.20. The fourth-order valence-electron chi connectivity index (χ4n) is 4.17. The summed E-state index contributed by atoms with van der Waals surface area (Å²) in [5.41, 5.74) is 5.33. The van der Waals surface area contributed by atoms with E-state index in [1.54, 1.807) is 0 Å². The van der Waals surface area contributed by atoms with Crippen LogP contribution >= 0.6 is 0 Å². The topological polar surface area (TPSA) is 24.7 Å². The third-order valence-corrected chi connectivity index (χ3v) is 5.66. The van der Waals surface area contributed by atoms with Crippen LogP contribution in [-0.2, 0) is 12.8 Å². The molecule has 0 aromatic heterocycles. The Labute approximate surface area is 157 Å². The maximum atomic E-state index is 5.20. The number of fused-ring (bicyclic) bond motifs is 1. The predicted octanol–water partition coefficient (Wildman–Crippen LogP) is 5.46. The number of benzene rings is 2. The van der Waals surface area contributed by atoms with Crippen LogP contribution in [0.5, 0.6) is 0 Å². The first-order valence-electron chi connectivity index (χ1n) is 10.1. The highest BCUT2D eigenvalue weighted by Crippen LogP contribution is 2.28. The van der Waals surface area contributed by atoms with Crippen molar-refractivity contribution in [2.24, 2.45) is 9.98 Å². The van der Waals surface area contributed by atoms with Gasteiger partial charge in [0.25, 0.3) is 0 Å². The Kier molecular flexibility index (Phi) is 5.59. The monoisotopic (exact) mass is 344 g/mol. The van der Waals surface area contributed by atoms with Crippen LogP contribution in [-0.4, -0.2) is 23.5 Å². The minimum absolute atomic E-state index is 0.440. The van der Waals surface area contributed by atoms with E-state index in [9.17, 15) is 0 Å². The summed E-state index contributed by atoms with van der Waals surface area (Å²) in [7, 11) is 0. The second-order valence-corrected chi connectivity index (χ2v) is 7.54. The average molecular weight is 345 g/mol. The van der Waals surface area contributed by atoms with Crippen molar-refractivity contribution in [1.29, 1.82) is 0 Å². The van der Waals surface area contributed by atoms with Crippen molar-refractivity contribution in [3.05, 3.63) is 71.8 Å². The van der Waals surface area contributed by atoms with Gasteiger partial charge in [0.1, 0.15) is 0 Å². The standard InChI is InChI=1S/C24H28N2/c1-3-9-19(10-4-1)15-17-23-24(18-16-20-11-5-2-6-12-20)26-22-14-8-7-13-21(22)25-23/h1-6,9-12,21-22H,7-8,13-18H2/t21-,22-/m1/s1. The van der Waals surface area contributed by atoms with Gasteiger partial charge >= 0.3 is 0 Å². The zero-order valence-corrected chi connectivity index (χ0v) is 15.5. The summed E-state index contributed by atoms with van der Waals surface area (Å²) in [5, 5.41) is 0. The molecule has 0 spiro atoms. The lowest BCUT2D eigenvalue weighted by molar-refractivity contribution is 0.384. The van der Waals surface area contributed by atoms with Gasteiger partial charge in [0.15, 0.2) is 0 Å². The summed E-state index contributed by atoms with van der Waals surface area (Å²) in [5.74, 6) is 0. The van der Waals surface area contributed by atoms with E-state index < -0.39 is 0 Å². The van der Waals surface area contributed by atoms with Crippen LogP contribution in [0.1, 0.15) is 49.7 Å². The van der Waals surface area contributed by atoms with E-state index >= 15 is 0 Å². The van der Waals surface area contributed by atoms with Gasteiger partial charge in [0.05, 0.1) is 23.5 Å². The van der Waals surface area contributed by atoms with Gasteiger partial charge in [-0.15, -0.1) is 0 Å². The van der Waals surface area contributed by atoms with E-state index in [-0.39, 0.29) is 0 Å². The fourth-order valence-corrected chi connectivity index (χ4v) is 4.17. The second-order valence-electron chi connectivity index (χ2n) is 7.54. The molecule has 4 rings (SSSR count). The molecule has 1 saturated carbocycles. The van der Waals surface area contributed by atoms with Crippen molar-refractivity contribution in [3.8, 4) is 0 Å². The molecular weight excluding hydrogens is 316 g/mol. The van der Waals surface area contributed by atoms with Crippen LogP contribution in [0.2, 0.25) is 0 Å². The van der Waals surface area contributed by atoms with Crippen LogP contribution in [0.25, 0.3) is 0 Å². The van der Waals surface area contributed by atoms with Crippen molar-refractivity contribution in [1.82, 2.24) is 0 Å². The second kappa shape index (κ2) is 8.44. The maximum Gasteiger partial charge on any atom is 0.0727 e. The molecule has 1 heterocycles. The van der Waals surface area contributed by atoms with Crippen LogP contribution in [0.4, 0.5) is 0 Å². The van der Waals surface area contributed by atoms with Crippen LogP contribution < -0.4 is 0 Å². The molecule has 0 radical (unpaired) electrons. The van der Waals surface area contributed by atoms with Crippen LogP contribution in [0.3, 0.4) is 0 Å². The van der Waals surface area contributed by atoms with E-state index in [2.05, 4.69) is 60.7 Å². The third-order valence-electron chi connectivity index (χ3n) is 5.66. The summed E-state index contributed by atoms with van der Waals surface area (Å²) in [6, 6.07) is 22.4. The molecule has 2 aromatic carbocycles. The van der Waals surface area contributed by atoms with Crippen molar-refractivity contribution >= 4 is 11.4 Å². The highest BCUT2D eigenvalue weighted by atomic mass is 15.0. The molecule has 1 fully saturated rings. The molecule has 26 heavy (non-hydrogen) atoms. The Hall–Kier alpha value is -2.22. The summed E-state index contributed by atoms with van der Waals surface area (Å²) in [6.07, 6.45) is 9.20. The zero-order chi connectivity index (χ0) is 17.6. The molecule has 0 saturated heterocycles. The molecule has 2 nitrogen and oxygen atoms in total. The summed E-state index contributed by atoms with van der Waals surface area (Å²) in [6.45, 7) is 0. The lowest BCUT2D eigenvalue weighted by Crippen LogP contribution is -2.36. The number of aliphatic imine (C=N–C) groups is 2. The molecule has 134 valence electrons. The number of hydrogen-bond donors (Lipinski definition) is 0. The molecule has 0 unspecified atom stereocenters. The molecule has 2 heteroatoms. The highest BCUT2D eigenvalue weighted by Gasteiger charge is 2.29. The molecule has 2 aliphatic rings. The van der Waals surface area contributed by atoms with Gasteiger partial charge in [-0.1, -0.05) is 73.5 Å². The Morgan fingerprint density at radius 1 is 0.577 bits per heavy atom. The first-order valence-corrected chi connectivity index (χ1v) is 10.1. The molecule has 0 bridgehead atoms. The summed E-state index contributed by atoms with van der Waals surface area (Å²) in [4.78, 5) is 10.4. The summed E-state index contributed by atoms with van der Waals surface area (Å²) < 4.78 is 0. The Morgan fingerprint density at radius 3 is 1.42 bits per heavy atom. The Bertz CT molecular complexity index is 694. The molecule has 0 N–H and O–H groups in total. The zero-order valence-electron chi connectivity index (χ0n) is 15.5. The van der Waals surface area contributed by atoms with Crippen molar-refractivity contribution in [2.45, 2.75) is 63.5 Å². The summed E-state index contributed by atoms with van der Waals surface area (Å²) >= 11 is 0. The third kappa shape index (κ3) is 4.30. The van der Waals surface area contributed by atoms with Crippen molar-refractivity contribution in [2.75, 3.05) is 0 Å². The minimum atomic E-state index is 0.440. The lowest BCUT2D eigenvalue weighted by Gasteiger charge is -2.31. The molecule has 1 aliphatic heterocycles. The van der Waals surface area contributed by atoms with E-state index in [4.69, 9.17) is 9.98 Å². The number of nitrogens with zero attached hydrogens (tertiary/aromatic N) is 2. The SMILES string of the molecule is c1ccc(CCC2=N[C@@H]3CCCC[C@H]3N=C2CCc2ccccc2)cc1. The highest BCUT2D eigenvalue weighted by molar-refractivity contribution is 6.42. The van der Waals surface area contributed by atoms with E-state index in [1.165, 1.54) is 48.2 Å². The van der Waals surface area contributed by atoms with Crippen LogP contribution in [0, 0.1) is 0 Å². The van der Waals surface area contributed by atoms with Gasteiger partial charge in [-0.3, -0.25) is 9.98 Å². The van der Waals surface area contributed by atoms with Gasteiger partial charge < -0.3 is 0 Å². The Morgan fingerprint density at radius 2 is 1.00 bits per heavy atom.